The Labute approximate surface area is 150 Å². The van der Waals surface area contributed by atoms with E-state index in [1.165, 1.54) is 39.0 Å². The zero-order valence-electron chi connectivity index (χ0n) is 15.7. The number of amides is 1. The lowest BCUT2D eigenvalue weighted by Crippen LogP contribution is -3.15. The van der Waals surface area contributed by atoms with Gasteiger partial charge in [0.2, 0.25) is 0 Å². The molecular weight excluding hydrogens is 310 g/mol. The molecule has 0 aliphatic carbocycles. The van der Waals surface area contributed by atoms with Crippen LogP contribution in [0.3, 0.4) is 0 Å². The number of piperidine rings is 1. The Morgan fingerprint density at radius 1 is 1.28 bits per heavy atom. The van der Waals surface area contributed by atoms with Crippen molar-refractivity contribution >= 4 is 16.8 Å². The molecule has 1 aromatic carbocycles. The Morgan fingerprint density at radius 2 is 2.04 bits per heavy atom. The molecule has 1 saturated heterocycles. The lowest BCUT2D eigenvalue weighted by Gasteiger charge is -2.34. The molecule has 0 bridgehead atoms. The number of hydrogen-bond donors (Lipinski definition) is 2. The lowest BCUT2D eigenvalue weighted by atomic mass is 9.92. The van der Waals surface area contributed by atoms with Gasteiger partial charge in [-0.15, -0.1) is 0 Å². The van der Waals surface area contributed by atoms with Gasteiger partial charge in [-0.25, -0.2) is 0 Å². The highest BCUT2D eigenvalue weighted by molar-refractivity contribution is 5.86. The number of nitrogens with one attached hydrogen (secondary N) is 2. The van der Waals surface area contributed by atoms with Crippen molar-refractivity contribution in [1.29, 1.82) is 0 Å². The van der Waals surface area contributed by atoms with E-state index in [0.717, 1.165) is 44.4 Å². The number of benzene rings is 1. The largest absolute Gasteiger partial charge is 0.358 e. The van der Waals surface area contributed by atoms with Crippen LogP contribution in [0.5, 0.6) is 0 Å². The van der Waals surface area contributed by atoms with Gasteiger partial charge in [-0.3, -0.25) is 4.79 Å². The molecule has 3 heterocycles. The number of fused-ring (bicyclic) bond motifs is 3. The number of aromatic amines is 1. The summed E-state index contributed by atoms with van der Waals surface area (Å²) in [5.74, 6) is 1.79. The zero-order valence-corrected chi connectivity index (χ0v) is 15.7. The fourth-order valence-electron chi connectivity index (χ4n) is 4.93. The van der Waals surface area contributed by atoms with E-state index in [1.54, 1.807) is 0 Å². The number of nitrogens with zero attached hydrogens (tertiary/aromatic N) is 1. The molecule has 2 aliphatic rings. The number of H-pyrrole nitrogens is 1. The Balaban J connectivity index is 1.49. The average Bonchev–Trinajstić information content (AvgIpc) is 2.91. The summed E-state index contributed by atoms with van der Waals surface area (Å²) in [5.41, 5.74) is 5.12. The Hall–Kier alpha value is -1.81. The van der Waals surface area contributed by atoms with Gasteiger partial charge >= 0.3 is 0 Å². The standard InChI is InChI=1S/C21H29N3O/c1-14-4-5-19-17(9-14)18-12-24(7-6-20(18)22-19)21(25)13-23-10-15(2)8-16(3)11-23/h4-5,9,15-16,22H,6-8,10-13H2,1-3H3/p+1/t15-,16-/m1/s1. The van der Waals surface area contributed by atoms with E-state index in [9.17, 15) is 4.79 Å². The predicted molar refractivity (Wildman–Crippen MR) is 101 cm³/mol. The molecule has 2 N–H and O–H groups in total. The van der Waals surface area contributed by atoms with Crippen LogP contribution in [-0.4, -0.2) is 42.0 Å². The third-order valence-electron chi connectivity index (χ3n) is 5.96. The number of carbonyl (C=O) groups excluding carboxylic acids is 1. The average molecular weight is 340 g/mol. The molecule has 134 valence electrons. The van der Waals surface area contributed by atoms with E-state index >= 15 is 0 Å². The van der Waals surface area contributed by atoms with Crippen molar-refractivity contribution < 1.29 is 9.69 Å². The molecule has 1 aromatic heterocycles. The van der Waals surface area contributed by atoms with Crippen LogP contribution in [0, 0.1) is 18.8 Å². The third kappa shape index (κ3) is 3.32. The molecular formula is C21H30N3O+. The van der Waals surface area contributed by atoms with Crippen LogP contribution >= 0.6 is 0 Å². The number of aryl methyl sites for hydroxylation is 1. The van der Waals surface area contributed by atoms with Gasteiger partial charge in [0, 0.05) is 53.5 Å². The van der Waals surface area contributed by atoms with Crippen molar-refractivity contribution in [3.8, 4) is 0 Å². The predicted octanol–water partition coefficient (Wildman–Crippen LogP) is 1.92. The van der Waals surface area contributed by atoms with Crippen molar-refractivity contribution in [1.82, 2.24) is 9.88 Å². The molecule has 25 heavy (non-hydrogen) atoms. The molecule has 0 radical (unpaired) electrons. The molecule has 1 amide bonds. The first-order chi connectivity index (χ1) is 12.0. The lowest BCUT2D eigenvalue weighted by molar-refractivity contribution is -0.904. The van der Waals surface area contributed by atoms with E-state index in [2.05, 4.69) is 48.9 Å². The molecule has 0 saturated carbocycles. The molecule has 4 heteroatoms. The molecule has 2 aliphatic heterocycles. The van der Waals surface area contributed by atoms with Gasteiger partial charge in [0.15, 0.2) is 6.54 Å². The van der Waals surface area contributed by atoms with E-state index in [0.29, 0.717) is 12.5 Å². The van der Waals surface area contributed by atoms with Crippen LogP contribution in [0.2, 0.25) is 0 Å². The van der Waals surface area contributed by atoms with E-state index in [-0.39, 0.29) is 0 Å². The maximum atomic E-state index is 12.9. The van der Waals surface area contributed by atoms with Gasteiger partial charge in [-0.05, 0) is 25.5 Å². The summed E-state index contributed by atoms with van der Waals surface area (Å²) >= 11 is 0. The van der Waals surface area contributed by atoms with Crippen molar-refractivity contribution in [3.05, 3.63) is 35.0 Å². The van der Waals surface area contributed by atoms with Crippen LogP contribution in [0.15, 0.2) is 18.2 Å². The number of aromatic nitrogens is 1. The molecule has 4 nitrogen and oxygen atoms in total. The van der Waals surface area contributed by atoms with Gasteiger partial charge in [-0.1, -0.05) is 25.5 Å². The zero-order chi connectivity index (χ0) is 17.6. The SMILES string of the molecule is Cc1ccc2[nH]c3c(c2c1)CN(C(=O)C[NH+]1C[C@H](C)C[C@@H](C)C1)CC3. The number of hydrogen-bond acceptors (Lipinski definition) is 1. The van der Waals surface area contributed by atoms with Crippen LogP contribution in [0.1, 0.15) is 37.1 Å². The molecule has 2 aromatic rings. The first-order valence-corrected chi connectivity index (χ1v) is 9.71. The van der Waals surface area contributed by atoms with Crippen LogP contribution in [0.4, 0.5) is 0 Å². The minimum Gasteiger partial charge on any atom is -0.358 e. The van der Waals surface area contributed by atoms with Gasteiger partial charge < -0.3 is 14.8 Å². The van der Waals surface area contributed by atoms with Crippen molar-refractivity contribution in [3.63, 3.8) is 0 Å². The maximum absolute atomic E-state index is 12.9. The van der Waals surface area contributed by atoms with Crippen molar-refractivity contribution in [2.24, 2.45) is 11.8 Å². The second-order valence-corrected chi connectivity index (χ2v) is 8.48. The molecule has 0 unspecified atom stereocenters. The Morgan fingerprint density at radius 3 is 2.80 bits per heavy atom. The van der Waals surface area contributed by atoms with Crippen molar-refractivity contribution in [2.75, 3.05) is 26.2 Å². The quantitative estimate of drug-likeness (QED) is 0.862. The third-order valence-corrected chi connectivity index (χ3v) is 5.96. The molecule has 1 fully saturated rings. The van der Waals surface area contributed by atoms with E-state index in [1.807, 2.05) is 0 Å². The number of carbonyl (C=O) groups is 1. The fraction of sp³-hybridized carbons (Fsp3) is 0.571. The summed E-state index contributed by atoms with van der Waals surface area (Å²) < 4.78 is 0. The summed E-state index contributed by atoms with van der Waals surface area (Å²) in [5, 5.41) is 1.29. The first-order valence-electron chi connectivity index (χ1n) is 9.71. The Bertz CT molecular complexity index is 784. The number of rotatable bonds is 2. The second kappa shape index (κ2) is 6.49. The van der Waals surface area contributed by atoms with Gasteiger partial charge in [0.1, 0.15) is 0 Å². The topological polar surface area (TPSA) is 40.5 Å². The minimum atomic E-state index is 0.323. The van der Waals surface area contributed by atoms with Gasteiger partial charge in [0.25, 0.3) is 5.91 Å². The summed E-state index contributed by atoms with van der Waals surface area (Å²) in [4.78, 5) is 20.0. The summed E-state index contributed by atoms with van der Waals surface area (Å²) in [6.07, 6.45) is 2.25. The van der Waals surface area contributed by atoms with Crippen LogP contribution < -0.4 is 4.90 Å². The maximum Gasteiger partial charge on any atom is 0.278 e. The van der Waals surface area contributed by atoms with Crippen LogP contribution in [-0.2, 0) is 17.8 Å². The van der Waals surface area contributed by atoms with E-state index in [4.69, 9.17) is 0 Å². The van der Waals surface area contributed by atoms with Gasteiger partial charge in [-0.2, -0.15) is 0 Å². The summed E-state index contributed by atoms with van der Waals surface area (Å²) in [6, 6.07) is 6.56. The van der Waals surface area contributed by atoms with Crippen molar-refractivity contribution in [2.45, 2.75) is 40.2 Å². The van der Waals surface area contributed by atoms with E-state index < -0.39 is 0 Å². The fourth-order valence-corrected chi connectivity index (χ4v) is 4.93. The van der Waals surface area contributed by atoms with Crippen LogP contribution in [0.25, 0.3) is 10.9 Å². The molecule has 4 rings (SSSR count). The number of quaternary nitrogens is 1. The Kier molecular flexibility index (Phi) is 4.32. The summed E-state index contributed by atoms with van der Waals surface area (Å²) in [7, 11) is 0. The highest BCUT2D eigenvalue weighted by Crippen LogP contribution is 2.28. The monoisotopic (exact) mass is 340 g/mol. The minimum absolute atomic E-state index is 0.323. The molecule has 2 atom stereocenters. The first kappa shape index (κ1) is 16.6. The molecule has 0 spiro atoms. The normalized spacial score (nSPS) is 26.7. The highest BCUT2D eigenvalue weighted by atomic mass is 16.2. The summed E-state index contributed by atoms with van der Waals surface area (Å²) in [6.45, 7) is 11.3. The number of likely N-dealkylation sites (tertiary alicyclic amines) is 1. The smallest absolute Gasteiger partial charge is 0.278 e. The van der Waals surface area contributed by atoms with Gasteiger partial charge in [0.05, 0.1) is 13.1 Å². The second-order valence-electron chi connectivity index (χ2n) is 8.48. The highest BCUT2D eigenvalue weighted by Gasteiger charge is 2.30.